The standard InChI is InChI=1S/C17H21BrN4O.C2H4O2S/c1-12(14-6-4-5-7-16(14)23)10-17(20-9-8-19-3)22-13(2)15(18)11-21-22;3-1-2-5-4/h4-7,10-11,19-20,23H,1,8-9H2,2-3H3;1,4H,2H2/b17-10-;. The van der Waals surface area contributed by atoms with Crippen LogP contribution in [-0.4, -0.2) is 51.6 Å². The molecule has 28 heavy (non-hydrogen) atoms. The summed E-state index contributed by atoms with van der Waals surface area (Å²) in [6, 6.07) is 7.15. The van der Waals surface area contributed by atoms with Crippen LogP contribution in [0.25, 0.3) is 11.4 Å². The number of aromatic nitrogens is 2. The van der Waals surface area contributed by atoms with E-state index in [2.05, 4.69) is 38.2 Å². The second-order valence-electron chi connectivity index (χ2n) is 5.55. The molecule has 152 valence electrons. The van der Waals surface area contributed by atoms with Crippen molar-refractivity contribution in [2.45, 2.75) is 6.92 Å². The first kappa shape index (κ1) is 24.0. The lowest BCUT2D eigenvalue weighted by atomic mass is 10.1. The number of phenols is 1. The fourth-order valence-corrected chi connectivity index (χ4v) is 2.47. The van der Waals surface area contributed by atoms with Crippen molar-refractivity contribution in [3.63, 3.8) is 0 Å². The first-order valence-electron chi connectivity index (χ1n) is 8.44. The normalized spacial score (nSPS) is 10.8. The van der Waals surface area contributed by atoms with Gasteiger partial charge in [0.2, 0.25) is 0 Å². The van der Waals surface area contributed by atoms with Gasteiger partial charge < -0.3 is 25.1 Å². The molecule has 0 saturated carbocycles. The monoisotopic (exact) mass is 468 g/mol. The first-order chi connectivity index (χ1) is 13.5. The summed E-state index contributed by atoms with van der Waals surface area (Å²) in [6.45, 7) is 7.62. The number of likely N-dealkylation sites (N-methyl/N-ethyl adjacent to an activating group) is 1. The van der Waals surface area contributed by atoms with Gasteiger partial charge in [-0.25, -0.2) is 4.68 Å². The Morgan fingerprint density at radius 1 is 1.39 bits per heavy atom. The molecular formula is C19H25BrN4O3S. The Morgan fingerprint density at radius 2 is 2.11 bits per heavy atom. The van der Waals surface area contributed by atoms with Gasteiger partial charge in [-0.05, 0) is 59.7 Å². The van der Waals surface area contributed by atoms with Gasteiger partial charge in [0.15, 0.2) is 0 Å². The van der Waals surface area contributed by atoms with E-state index in [0.717, 1.165) is 29.1 Å². The Morgan fingerprint density at radius 3 is 2.61 bits per heavy atom. The Bertz CT molecular complexity index is 808. The van der Waals surface area contributed by atoms with Gasteiger partial charge in [-0.3, -0.25) is 0 Å². The minimum Gasteiger partial charge on any atom is -0.507 e. The fourth-order valence-electron chi connectivity index (χ4n) is 2.15. The molecule has 0 aliphatic rings. The van der Waals surface area contributed by atoms with Crippen molar-refractivity contribution in [2.24, 2.45) is 0 Å². The number of phenolic OH excluding ortho intramolecular Hbond substituents is 1. The Labute approximate surface area is 177 Å². The van der Waals surface area contributed by atoms with E-state index in [9.17, 15) is 9.90 Å². The van der Waals surface area contributed by atoms with E-state index < -0.39 is 0 Å². The minimum atomic E-state index is 0.181. The molecule has 0 unspecified atom stereocenters. The van der Waals surface area contributed by atoms with Gasteiger partial charge in [0.1, 0.15) is 17.9 Å². The zero-order valence-corrected chi connectivity index (χ0v) is 18.3. The van der Waals surface area contributed by atoms with E-state index in [1.807, 2.05) is 36.9 Å². The van der Waals surface area contributed by atoms with Crippen LogP contribution in [0.3, 0.4) is 0 Å². The average Bonchev–Trinajstić information content (AvgIpc) is 3.01. The maximum absolute atomic E-state index is 9.99. The highest BCUT2D eigenvalue weighted by Gasteiger charge is 2.10. The third-order valence-corrected chi connectivity index (χ3v) is 4.63. The molecule has 9 heteroatoms. The number of nitrogens with zero attached hydrogens (tertiary/aromatic N) is 2. The lowest BCUT2D eigenvalue weighted by molar-refractivity contribution is -0.105. The summed E-state index contributed by atoms with van der Waals surface area (Å²) < 4.78 is 10.5. The summed E-state index contributed by atoms with van der Waals surface area (Å²) in [7, 11) is 1.90. The predicted octanol–water partition coefficient (Wildman–Crippen LogP) is 3.37. The second-order valence-corrected chi connectivity index (χ2v) is 7.00. The van der Waals surface area contributed by atoms with Crippen molar-refractivity contribution in [1.82, 2.24) is 20.4 Å². The molecular weight excluding hydrogens is 444 g/mol. The highest BCUT2D eigenvalue weighted by atomic mass is 79.9. The topological polar surface area (TPSA) is 99.4 Å². The SMILES string of the molecule is C=C(/C=C(/NCCNC)n1ncc(Br)c1C)c1ccccc1O.O=CCSO. The number of benzene rings is 1. The van der Waals surface area contributed by atoms with Crippen molar-refractivity contribution in [2.75, 3.05) is 25.9 Å². The molecule has 1 aromatic carbocycles. The number of aldehydes is 1. The number of hydrogen-bond acceptors (Lipinski definition) is 7. The number of rotatable bonds is 9. The molecule has 0 atom stereocenters. The molecule has 0 radical (unpaired) electrons. The number of carbonyl (C=O) groups is 1. The summed E-state index contributed by atoms with van der Waals surface area (Å²) in [5, 5.41) is 20.8. The molecule has 2 aromatic rings. The van der Waals surface area contributed by atoms with Crippen LogP contribution in [0.1, 0.15) is 11.3 Å². The van der Waals surface area contributed by atoms with E-state index >= 15 is 0 Å². The molecule has 0 bridgehead atoms. The summed E-state index contributed by atoms with van der Waals surface area (Å²) in [5.74, 6) is 1.19. The quantitative estimate of drug-likeness (QED) is 0.193. The molecule has 0 fully saturated rings. The van der Waals surface area contributed by atoms with Gasteiger partial charge in [-0.2, -0.15) is 5.10 Å². The van der Waals surface area contributed by atoms with Gasteiger partial charge in [0.05, 0.1) is 22.1 Å². The average molecular weight is 469 g/mol. The Kier molecular flexibility index (Phi) is 11.3. The number of carbonyl (C=O) groups excluding carboxylic acids is 1. The summed E-state index contributed by atoms with van der Waals surface area (Å²) >= 11 is 4.01. The van der Waals surface area contributed by atoms with Crippen LogP contribution in [0, 0.1) is 6.92 Å². The number of allylic oxidation sites excluding steroid dienone is 2. The smallest absolute Gasteiger partial charge is 0.132 e. The van der Waals surface area contributed by atoms with Crippen LogP contribution in [-0.2, 0) is 4.79 Å². The van der Waals surface area contributed by atoms with Gasteiger partial charge in [-0.15, -0.1) is 0 Å². The van der Waals surface area contributed by atoms with E-state index in [1.165, 1.54) is 0 Å². The van der Waals surface area contributed by atoms with Gasteiger partial charge in [-0.1, -0.05) is 24.8 Å². The molecule has 0 spiro atoms. The van der Waals surface area contributed by atoms with E-state index in [0.29, 0.717) is 29.5 Å². The van der Waals surface area contributed by atoms with Crippen molar-refractivity contribution < 1.29 is 14.5 Å². The molecule has 0 amide bonds. The van der Waals surface area contributed by atoms with Gasteiger partial charge in [0.25, 0.3) is 0 Å². The highest BCUT2D eigenvalue weighted by molar-refractivity contribution is 9.10. The van der Waals surface area contributed by atoms with Crippen molar-refractivity contribution in [1.29, 1.82) is 0 Å². The van der Waals surface area contributed by atoms with Crippen molar-refractivity contribution in [3.05, 3.63) is 58.8 Å². The molecule has 2 rings (SSSR count). The number of hydrogen-bond donors (Lipinski definition) is 4. The van der Waals surface area contributed by atoms with Crippen molar-refractivity contribution in [3.8, 4) is 5.75 Å². The summed E-state index contributed by atoms with van der Waals surface area (Å²) in [4.78, 5) is 9.22. The maximum atomic E-state index is 9.99. The van der Waals surface area contributed by atoms with Crippen LogP contribution in [0.4, 0.5) is 0 Å². The minimum absolute atomic E-state index is 0.181. The highest BCUT2D eigenvalue weighted by Crippen LogP contribution is 2.26. The number of nitrogens with one attached hydrogen (secondary N) is 2. The van der Waals surface area contributed by atoms with Gasteiger partial charge in [0, 0.05) is 18.7 Å². The molecule has 0 saturated heterocycles. The van der Waals surface area contributed by atoms with E-state index in [4.69, 9.17) is 4.55 Å². The molecule has 0 aliphatic heterocycles. The lowest BCUT2D eigenvalue weighted by Crippen LogP contribution is -2.27. The molecule has 0 aliphatic carbocycles. The molecule has 1 heterocycles. The summed E-state index contributed by atoms with van der Waals surface area (Å²) in [5.41, 5.74) is 2.39. The van der Waals surface area contributed by atoms with Crippen LogP contribution >= 0.6 is 28.0 Å². The fraction of sp³-hybridized carbons (Fsp3) is 0.263. The first-order valence-corrected chi connectivity index (χ1v) is 10.2. The molecule has 1 aromatic heterocycles. The number of aromatic hydroxyl groups is 1. The summed E-state index contributed by atoms with van der Waals surface area (Å²) in [6.07, 6.45) is 4.29. The second kappa shape index (κ2) is 13.2. The maximum Gasteiger partial charge on any atom is 0.132 e. The zero-order valence-electron chi connectivity index (χ0n) is 15.9. The Balaban J connectivity index is 0.000000696. The number of halogens is 1. The van der Waals surface area contributed by atoms with Crippen LogP contribution in [0.2, 0.25) is 0 Å². The third kappa shape index (κ3) is 7.51. The van der Waals surface area contributed by atoms with Gasteiger partial charge >= 0.3 is 0 Å². The van der Waals surface area contributed by atoms with Crippen LogP contribution in [0.5, 0.6) is 5.75 Å². The molecule has 4 N–H and O–H groups in total. The Hall–Kier alpha value is -2.07. The van der Waals surface area contributed by atoms with E-state index in [-0.39, 0.29) is 11.5 Å². The van der Waals surface area contributed by atoms with Crippen LogP contribution in [0.15, 0.2) is 47.6 Å². The largest absolute Gasteiger partial charge is 0.507 e. The van der Waals surface area contributed by atoms with E-state index in [1.54, 1.807) is 18.3 Å². The molecule has 7 nitrogen and oxygen atoms in total. The van der Waals surface area contributed by atoms with Crippen LogP contribution < -0.4 is 10.6 Å². The zero-order chi connectivity index (χ0) is 20.9. The predicted molar refractivity (Wildman–Crippen MR) is 119 cm³/mol. The van der Waals surface area contributed by atoms with Crippen molar-refractivity contribution >= 4 is 45.7 Å². The third-order valence-electron chi connectivity index (χ3n) is 3.56. The number of para-hydroxylation sites is 1. The lowest BCUT2D eigenvalue weighted by Gasteiger charge is -2.14.